The minimum Gasteiger partial charge on any atom is -0.0622 e. The predicted molar refractivity (Wildman–Crippen MR) is 165 cm³/mol. The van der Waals surface area contributed by atoms with E-state index in [1.807, 2.05) is 0 Å². The van der Waals surface area contributed by atoms with Crippen LogP contribution in [-0.2, 0) is 0 Å². The highest BCUT2D eigenvalue weighted by atomic mass is 31.1. The Bertz CT molecular complexity index is 1320. The molecule has 1 fully saturated rings. The SMILES string of the molecule is c1ccc(P(c2ccccc2)c2ccccc2C2CCCC2P(c2ccccc2)c2ccccc2)cc1. The second-order valence-electron chi connectivity index (χ2n) is 9.71. The van der Waals surface area contributed by atoms with Crippen LogP contribution in [0.5, 0.6) is 0 Å². The first kappa shape index (κ1) is 24.3. The average Bonchev–Trinajstić information content (AvgIpc) is 3.45. The molecule has 0 radical (unpaired) electrons. The average molecular weight is 515 g/mol. The Morgan fingerprint density at radius 3 is 1.38 bits per heavy atom. The van der Waals surface area contributed by atoms with E-state index in [0.717, 1.165) is 0 Å². The van der Waals surface area contributed by atoms with Crippen LogP contribution in [0.1, 0.15) is 30.7 Å². The highest BCUT2D eigenvalue weighted by molar-refractivity contribution is 7.80. The van der Waals surface area contributed by atoms with Crippen molar-refractivity contribution in [2.24, 2.45) is 0 Å². The van der Waals surface area contributed by atoms with Gasteiger partial charge < -0.3 is 0 Å². The van der Waals surface area contributed by atoms with Crippen LogP contribution in [0.4, 0.5) is 0 Å². The van der Waals surface area contributed by atoms with E-state index >= 15 is 0 Å². The number of hydrogen-bond donors (Lipinski definition) is 0. The summed E-state index contributed by atoms with van der Waals surface area (Å²) in [6.07, 6.45) is 3.87. The Morgan fingerprint density at radius 1 is 0.432 bits per heavy atom. The zero-order valence-electron chi connectivity index (χ0n) is 21.0. The van der Waals surface area contributed by atoms with Gasteiger partial charge >= 0.3 is 0 Å². The van der Waals surface area contributed by atoms with Gasteiger partial charge in [-0.15, -0.1) is 0 Å². The first-order chi connectivity index (χ1) is 18.4. The smallest absolute Gasteiger partial charge is 0.00597 e. The van der Waals surface area contributed by atoms with Gasteiger partial charge in [0.2, 0.25) is 0 Å². The quantitative estimate of drug-likeness (QED) is 0.201. The maximum Gasteiger partial charge on any atom is -0.00597 e. The van der Waals surface area contributed by atoms with E-state index in [2.05, 4.69) is 146 Å². The Labute approximate surface area is 223 Å². The van der Waals surface area contributed by atoms with E-state index in [9.17, 15) is 0 Å². The molecule has 0 nitrogen and oxygen atoms in total. The van der Waals surface area contributed by atoms with Crippen LogP contribution in [0.2, 0.25) is 0 Å². The molecule has 2 unspecified atom stereocenters. The van der Waals surface area contributed by atoms with Crippen LogP contribution in [0.3, 0.4) is 0 Å². The van der Waals surface area contributed by atoms with Crippen LogP contribution in [0, 0.1) is 0 Å². The molecule has 1 aliphatic rings. The topological polar surface area (TPSA) is 0 Å². The van der Waals surface area contributed by atoms with E-state index in [0.29, 0.717) is 11.6 Å². The largest absolute Gasteiger partial charge is 0.0622 e. The van der Waals surface area contributed by atoms with E-state index in [1.54, 1.807) is 5.56 Å². The molecule has 2 atom stereocenters. The van der Waals surface area contributed by atoms with E-state index < -0.39 is 15.8 Å². The summed E-state index contributed by atoms with van der Waals surface area (Å²) >= 11 is 0. The fraction of sp³-hybridized carbons (Fsp3) is 0.143. The third kappa shape index (κ3) is 5.20. The van der Waals surface area contributed by atoms with Crippen LogP contribution in [0.15, 0.2) is 146 Å². The lowest BCUT2D eigenvalue weighted by Gasteiger charge is -2.33. The molecule has 6 rings (SSSR count). The highest BCUT2D eigenvalue weighted by Gasteiger charge is 2.38. The Balaban J connectivity index is 1.47. The van der Waals surface area contributed by atoms with E-state index in [-0.39, 0.29) is 0 Å². The lowest BCUT2D eigenvalue weighted by molar-refractivity contribution is 0.737. The highest BCUT2D eigenvalue weighted by Crippen LogP contribution is 2.54. The molecule has 0 saturated heterocycles. The van der Waals surface area contributed by atoms with Gasteiger partial charge in [-0.05, 0) is 72.3 Å². The van der Waals surface area contributed by atoms with Crippen LogP contribution in [0.25, 0.3) is 0 Å². The van der Waals surface area contributed by atoms with Crippen molar-refractivity contribution in [3.8, 4) is 0 Å². The number of benzene rings is 5. The van der Waals surface area contributed by atoms with Gasteiger partial charge in [0.15, 0.2) is 0 Å². The lowest BCUT2D eigenvalue weighted by Crippen LogP contribution is -2.29. The number of hydrogen-bond acceptors (Lipinski definition) is 0. The Hall–Kier alpha value is -3.04. The number of rotatable bonds is 7. The van der Waals surface area contributed by atoms with E-state index in [1.165, 1.54) is 45.8 Å². The zero-order valence-corrected chi connectivity index (χ0v) is 22.8. The molecular formula is C35H32P2. The molecule has 0 heterocycles. The summed E-state index contributed by atoms with van der Waals surface area (Å²) in [5, 5.41) is 7.40. The summed E-state index contributed by atoms with van der Waals surface area (Å²) in [6, 6.07) is 54.3. The van der Waals surface area contributed by atoms with Crippen molar-refractivity contribution >= 4 is 42.4 Å². The van der Waals surface area contributed by atoms with Crippen molar-refractivity contribution in [3.63, 3.8) is 0 Å². The first-order valence-corrected chi connectivity index (χ1v) is 16.0. The molecule has 1 aliphatic carbocycles. The van der Waals surface area contributed by atoms with Gasteiger partial charge in [-0.2, -0.15) is 0 Å². The second kappa shape index (κ2) is 11.6. The van der Waals surface area contributed by atoms with Gasteiger partial charge in [-0.25, -0.2) is 0 Å². The fourth-order valence-electron chi connectivity index (χ4n) is 5.91. The van der Waals surface area contributed by atoms with Gasteiger partial charge in [0, 0.05) is 0 Å². The zero-order chi connectivity index (χ0) is 24.9. The Morgan fingerprint density at radius 2 is 0.865 bits per heavy atom. The Kier molecular flexibility index (Phi) is 7.60. The summed E-state index contributed by atoms with van der Waals surface area (Å²) in [5.41, 5.74) is 2.22. The minimum atomic E-state index is -0.623. The van der Waals surface area contributed by atoms with E-state index in [4.69, 9.17) is 0 Å². The third-order valence-electron chi connectivity index (χ3n) is 7.49. The molecule has 0 amide bonds. The molecule has 5 aromatic carbocycles. The lowest BCUT2D eigenvalue weighted by atomic mass is 9.97. The second-order valence-corrected chi connectivity index (χ2v) is 14.3. The molecule has 0 aromatic heterocycles. The molecule has 5 aromatic rings. The van der Waals surface area contributed by atoms with Crippen LogP contribution >= 0.6 is 15.8 Å². The van der Waals surface area contributed by atoms with Crippen LogP contribution < -0.4 is 26.5 Å². The van der Waals surface area contributed by atoms with Crippen molar-refractivity contribution < 1.29 is 0 Å². The molecule has 0 spiro atoms. The normalized spacial score (nSPS) is 17.4. The molecular weight excluding hydrogens is 482 g/mol. The van der Waals surface area contributed by atoms with Crippen molar-refractivity contribution in [1.82, 2.24) is 0 Å². The van der Waals surface area contributed by atoms with Crippen LogP contribution in [-0.4, -0.2) is 5.66 Å². The van der Waals surface area contributed by atoms with Gasteiger partial charge in [0.25, 0.3) is 0 Å². The molecule has 37 heavy (non-hydrogen) atoms. The molecule has 0 bridgehead atoms. The summed E-state index contributed by atoms with van der Waals surface area (Å²) < 4.78 is 0. The third-order valence-corrected chi connectivity index (χ3v) is 13.0. The van der Waals surface area contributed by atoms with Crippen molar-refractivity contribution in [1.29, 1.82) is 0 Å². The summed E-state index contributed by atoms with van der Waals surface area (Å²) in [6.45, 7) is 0. The summed E-state index contributed by atoms with van der Waals surface area (Å²) in [5.74, 6) is 0.570. The summed E-state index contributed by atoms with van der Waals surface area (Å²) in [4.78, 5) is 0. The predicted octanol–water partition coefficient (Wildman–Crippen LogP) is 7.21. The molecule has 0 N–H and O–H groups in total. The standard InChI is InChI=1S/C35H32P2/c1-5-16-28(17-6-1)36(29-18-7-2-8-19-29)34-26-14-13-24-32(34)33-25-15-27-35(33)37(30-20-9-3-10-21-30)31-22-11-4-12-23-31/h1-14,16-24,26,33,35H,15,25,27H2. The van der Waals surface area contributed by atoms with Gasteiger partial charge in [0.05, 0.1) is 0 Å². The fourth-order valence-corrected chi connectivity index (χ4v) is 11.6. The maximum absolute atomic E-state index is 2.45. The molecule has 0 aliphatic heterocycles. The van der Waals surface area contributed by atoms with Gasteiger partial charge in [-0.3, -0.25) is 0 Å². The molecule has 182 valence electrons. The van der Waals surface area contributed by atoms with Crippen molar-refractivity contribution in [3.05, 3.63) is 151 Å². The van der Waals surface area contributed by atoms with Crippen molar-refractivity contribution in [2.45, 2.75) is 30.8 Å². The first-order valence-electron chi connectivity index (χ1n) is 13.3. The van der Waals surface area contributed by atoms with Gasteiger partial charge in [-0.1, -0.05) is 152 Å². The summed E-state index contributed by atoms with van der Waals surface area (Å²) in [7, 11) is -1.07. The monoisotopic (exact) mass is 514 g/mol. The maximum atomic E-state index is 2.45. The van der Waals surface area contributed by atoms with Gasteiger partial charge in [0.1, 0.15) is 0 Å². The molecule has 1 saturated carbocycles. The molecule has 2 heteroatoms. The van der Waals surface area contributed by atoms with Crippen molar-refractivity contribution in [2.75, 3.05) is 0 Å². The minimum absolute atomic E-state index is 0.448.